The summed E-state index contributed by atoms with van der Waals surface area (Å²) in [5, 5.41) is 5.88. The maximum absolute atomic E-state index is 12.1. The highest BCUT2D eigenvalue weighted by Gasteiger charge is 2.31. The van der Waals surface area contributed by atoms with Crippen molar-refractivity contribution in [1.29, 1.82) is 0 Å². The molecule has 2 rings (SSSR count). The quantitative estimate of drug-likeness (QED) is 0.876. The number of carbonyl (C=O) groups is 1. The maximum atomic E-state index is 12.1. The summed E-state index contributed by atoms with van der Waals surface area (Å²) < 4.78 is 29.1. The van der Waals surface area contributed by atoms with Crippen LogP contribution < -0.4 is 15.4 Å². The molecular formula is C12H13ClF2N2O2. The predicted molar refractivity (Wildman–Crippen MR) is 68.0 cm³/mol. The molecule has 0 aliphatic carbocycles. The number of fused-ring (bicyclic) bond motifs is 1. The Morgan fingerprint density at radius 3 is 2.89 bits per heavy atom. The lowest BCUT2D eigenvalue weighted by Crippen LogP contribution is -2.27. The highest BCUT2D eigenvalue weighted by atomic mass is 35.5. The molecule has 4 nitrogen and oxygen atoms in total. The molecule has 0 radical (unpaired) electrons. The number of likely N-dealkylation sites (N-methyl/N-ethyl adjacent to an activating group) is 1. The first-order valence-electron chi connectivity index (χ1n) is 5.81. The van der Waals surface area contributed by atoms with Gasteiger partial charge >= 0.3 is 0 Å². The summed E-state index contributed by atoms with van der Waals surface area (Å²) in [5.41, 5.74) is 1.23. The van der Waals surface area contributed by atoms with Crippen molar-refractivity contribution >= 4 is 23.2 Å². The van der Waals surface area contributed by atoms with Gasteiger partial charge in [0.1, 0.15) is 18.4 Å². The number of hydrogen-bond donors (Lipinski definition) is 2. The normalized spacial score (nSPS) is 17.5. The first kappa shape index (κ1) is 14.0. The lowest BCUT2D eigenvalue weighted by Gasteiger charge is -2.12. The van der Waals surface area contributed by atoms with Crippen LogP contribution in [0.1, 0.15) is 18.5 Å². The molecule has 1 heterocycles. The summed E-state index contributed by atoms with van der Waals surface area (Å²) in [4.78, 5) is 11.7. The molecule has 1 aliphatic heterocycles. The van der Waals surface area contributed by atoms with E-state index in [1.54, 1.807) is 6.07 Å². The third-order valence-corrected chi connectivity index (χ3v) is 3.00. The van der Waals surface area contributed by atoms with E-state index in [-0.39, 0.29) is 16.7 Å². The van der Waals surface area contributed by atoms with Crippen LogP contribution in [-0.2, 0) is 4.79 Å². The van der Waals surface area contributed by atoms with Crippen LogP contribution in [0.15, 0.2) is 12.1 Å². The first-order valence-corrected chi connectivity index (χ1v) is 6.19. The Morgan fingerprint density at radius 2 is 2.26 bits per heavy atom. The molecule has 0 saturated heterocycles. The Labute approximate surface area is 114 Å². The average Bonchev–Trinajstić information content (AvgIpc) is 2.63. The van der Waals surface area contributed by atoms with Gasteiger partial charge in [-0.05, 0) is 12.6 Å². The summed E-state index contributed by atoms with van der Waals surface area (Å²) in [6, 6.07) is 2.56. The summed E-state index contributed by atoms with van der Waals surface area (Å²) in [5.74, 6) is -0.0582. The monoisotopic (exact) mass is 290 g/mol. The van der Waals surface area contributed by atoms with Crippen molar-refractivity contribution in [2.75, 3.05) is 18.5 Å². The second kappa shape index (κ2) is 5.71. The second-order valence-electron chi connectivity index (χ2n) is 4.05. The van der Waals surface area contributed by atoms with Crippen molar-refractivity contribution < 1.29 is 18.3 Å². The van der Waals surface area contributed by atoms with Gasteiger partial charge in [-0.1, -0.05) is 18.5 Å². The van der Waals surface area contributed by atoms with Gasteiger partial charge < -0.3 is 15.4 Å². The minimum absolute atomic E-state index is 0.137. The topological polar surface area (TPSA) is 50.4 Å². The van der Waals surface area contributed by atoms with E-state index in [9.17, 15) is 13.6 Å². The zero-order chi connectivity index (χ0) is 14.0. The minimum Gasteiger partial charge on any atom is -0.486 e. The summed E-state index contributed by atoms with van der Waals surface area (Å²) in [7, 11) is 0. The number of ether oxygens (including phenoxy) is 1. The van der Waals surface area contributed by atoms with E-state index < -0.39 is 19.1 Å². The zero-order valence-corrected chi connectivity index (χ0v) is 10.9. The fourth-order valence-electron chi connectivity index (χ4n) is 1.93. The fraction of sp³-hybridized carbons (Fsp3) is 0.417. The van der Waals surface area contributed by atoms with E-state index >= 15 is 0 Å². The second-order valence-corrected chi connectivity index (χ2v) is 4.46. The smallest absolute Gasteiger partial charge is 0.272 e. The van der Waals surface area contributed by atoms with Crippen molar-refractivity contribution in [2.45, 2.75) is 19.4 Å². The fourth-order valence-corrected chi connectivity index (χ4v) is 2.16. The van der Waals surface area contributed by atoms with Gasteiger partial charge in [0, 0.05) is 17.3 Å². The lowest BCUT2D eigenvalue weighted by atomic mass is 10.1. The highest BCUT2D eigenvalue weighted by Crippen LogP contribution is 2.38. The molecule has 7 heteroatoms. The van der Waals surface area contributed by atoms with Gasteiger partial charge in [0.2, 0.25) is 5.91 Å². The van der Waals surface area contributed by atoms with E-state index in [2.05, 4.69) is 10.6 Å². The molecular weight excluding hydrogens is 278 g/mol. The lowest BCUT2D eigenvalue weighted by molar-refractivity contribution is -0.117. The number of anilines is 1. The van der Waals surface area contributed by atoms with E-state index in [1.165, 1.54) is 6.07 Å². The number of carbonyl (C=O) groups excluding carboxylic acids is 1. The molecule has 1 aromatic rings. The molecule has 1 atom stereocenters. The molecule has 0 aromatic heterocycles. The van der Waals surface area contributed by atoms with Gasteiger partial charge in [-0.3, -0.25) is 4.79 Å². The molecule has 0 fully saturated rings. The molecule has 0 bridgehead atoms. The molecule has 104 valence electrons. The average molecular weight is 291 g/mol. The van der Waals surface area contributed by atoms with Gasteiger partial charge in [-0.15, -0.1) is 0 Å². The zero-order valence-electron chi connectivity index (χ0n) is 10.2. The van der Waals surface area contributed by atoms with Crippen LogP contribution in [0.3, 0.4) is 0 Å². The Bertz CT molecular complexity index is 497. The number of alkyl halides is 2. The number of benzene rings is 1. The number of halogens is 3. The Morgan fingerprint density at radius 1 is 1.53 bits per heavy atom. The van der Waals surface area contributed by atoms with Crippen LogP contribution in [-0.4, -0.2) is 25.5 Å². The largest absolute Gasteiger partial charge is 0.486 e. The van der Waals surface area contributed by atoms with Gasteiger partial charge in [-0.2, -0.15) is 0 Å². The summed E-state index contributed by atoms with van der Waals surface area (Å²) in [6.45, 7) is 1.77. The number of hydrogen-bond acceptors (Lipinski definition) is 3. The standard InChI is InChI=1S/C12H13ClF2N2O2/c1-2-16-11-6-3-7(13)9(19-5-10(14)15)4-8(6)17-12(11)18/h3-4,10-11,16H,2,5H2,1H3,(H,17,18). The van der Waals surface area contributed by atoms with E-state index in [0.717, 1.165) is 0 Å². The maximum Gasteiger partial charge on any atom is 0.272 e. The Kier molecular flexibility index (Phi) is 4.21. The van der Waals surface area contributed by atoms with Crippen molar-refractivity contribution in [1.82, 2.24) is 5.32 Å². The van der Waals surface area contributed by atoms with E-state index in [1.807, 2.05) is 6.92 Å². The minimum atomic E-state index is -2.58. The number of amides is 1. The third-order valence-electron chi connectivity index (χ3n) is 2.71. The first-order chi connectivity index (χ1) is 9.02. The van der Waals surface area contributed by atoms with Crippen molar-refractivity contribution in [3.63, 3.8) is 0 Å². The highest BCUT2D eigenvalue weighted by molar-refractivity contribution is 6.32. The van der Waals surface area contributed by atoms with Crippen LogP contribution in [0.5, 0.6) is 5.75 Å². The van der Waals surface area contributed by atoms with Gasteiger partial charge in [0.25, 0.3) is 6.43 Å². The molecule has 1 aliphatic rings. The molecule has 2 N–H and O–H groups in total. The van der Waals surface area contributed by atoms with Crippen molar-refractivity contribution in [3.05, 3.63) is 22.7 Å². The molecule has 1 unspecified atom stereocenters. The molecule has 19 heavy (non-hydrogen) atoms. The SMILES string of the molecule is CCNC1C(=O)Nc2cc(OCC(F)F)c(Cl)cc21. The van der Waals surface area contributed by atoms with Gasteiger partial charge in [0.05, 0.1) is 5.02 Å². The predicted octanol–water partition coefficient (Wildman–Crippen LogP) is 2.59. The summed E-state index contributed by atoms with van der Waals surface area (Å²) in [6.07, 6.45) is -2.58. The third kappa shape index (κ3) is 2.96. The molecule has 1 aromatic carbocycles. The van der Waals surface area contributed by atoms with Crippen LogP contribution in [0, 0.1) is 0 Å². The van der Waals surface area contributed by atoms with Crippen LogP contribution in [0.25, 0.3) is 0 Å². The van der Waals surface area contributed by atoms with Gasteiger partial charge in [-0.25, -0.2) is 8.78 Å². The van der Waals surface area contributed by atoms with E-state index in [4.69, 9.17) is 16.3 Å². The Hall–Kier alpha value is -1.40. The van der Waals surface area contributed by atoms with E-state index in [0.29, 0.717) is 17.8 Å². The van der Waals surface area contributed by atoms with Gasteiger partial charge in [0.15, 0.2) is 0 Å². The van der Waals surface area contributed by atoms with Crippen molar-refractivity contribution in [2.24, 2.45) is 0 Å². The Balaban J connectivity index is 2.25. The van der Waals surface area contributed by atoms with Crippen molar-refractivity contribution in [3.8, 4) is 5.75 Å². The summed E-state index contributed by atoms with van der Waals surface area (Å²) >= 11 is 5.97. The van der Waals surface area contributed by atoms with Crippen LogP contribution in [0.4, 0.5) is 14.5 Å². The number of nitrogens with one attached hydrogen (secondary N) is 2. The van der Waals surface area contributed by atoms with Crippen LogP contribution >= 0.6 is 11.6 Å². The molecule has 0 saturated carbocycles. The molecule has 1 amide bonds. The van der Waals surface area contributed by atoms with Crippen LogP contribution in [0.2, 0.25) is 5.02 Å². The number of rotatable bonds is 5. The molecule has 0 spiro atoms.